The van der Waals surface area contributed by atoms with E-state index in [1.165, 1.54) is 56.3 Å². The van der Waals surface area contributed by atoms with Crippen LogP contribution in [0, 0.1) is 11.8 Å². The number of nitrogens with zero attached hydrogens (tertiary/aromatic N) is 1. The molecule has 38 heavy (non-hydrogen) atoms. The molecule has 2 atom stereocenters. The molecule has 1 aliphatic heterocycles. The van der Waals surface area contributed by atoms with Crippen molar-refractivity contribution in [2.75, 3.05) is 13.2 Å². The quantitative estimate of drug-likeness (QED) is 0.159. The van der Waals surface area contributed by atoms with Gasteiger partial charge in [0.05, 0.1) is 18.4 Å². The van der Waals surface area contributed by atoms with Crippen LogP contribution >= 0.6 is 0 Å². The fraction of sp³-hybridized carbons (Fsp3) is 0.545. The van der Waals surface area contributed by atoms with E-state index in [4.69, 9.17) is 4.74 Å². The first kappa shape index (κ1) is 26.6. The molecule has 2 aromatic rings. The van der Waals surface area contributed by atoms with Crippen molar-refractivity contribution in [3.63, 3.8) is 0 Å². The van der Waals surface area contributed by atoms with Crippen molar-refractivity contribution in [2.24, 2.45) is 11.8 Å². The number of imide groups is 1. The summed E-state index contributed by atoms with van der Waals surface area (Å²) in [5, 5.41) is 0. The number of hydrogen-bond acceptors (Lipinski definition) is 4. The zero-order valence-corrected chi connectivity index (χ0v) is 22.7. The third-order valence-corrected chi connectivity index (χ3v) is 8.84. The molecule has 3 aliphatic carbocycles. The highest BCUT2D eigenvalue weighted by atomic mass is 16.5. The van der Waals surface area contributed by atoms with Crippen molar-refractivity contribution in [3.05, 3.63) is 70.8 Å². The van der Waals surface area contributed by atoms with Crippen LogP contribution in [0.15, 0.2) is 48.5 Å². The van der Waals surface area contributed by atoms with Crippen LogP contribution < -0.4 is 0 Å². The molecule has 4 aliphatic rings. The van der Waals surface area contributed by atoms with E-state index in [1.54, 1.807) is 0 Å². The molecule has 2 amide bonds. The van der Waals surface area contributed by atoms with Crippen molar-refractivity contribution in [1.29, 1.82) is 0 Å². The lowest BCUT2D eigenvalue weighted by atomic mass is 9.55. The van der Waals surface area contributed by atoms with E-state index >= 15 is 0 Å². The molecular weight excluding hydrogens is 474 g/mol. The minimum absolute atomic E-state index is 0.147. The van der Waals surface area contributed by atoms with Gasteiger partial charge in [0.15, 0.2) is 0 Å². The van der Waals surface area contributed by atoms with E-state index in [9.17, 15) is 14.4 Å². The molecule has 0 unspecified atom stereocenters. The molecule has 0 N–H and O–H groups in total. The highest BCUT2D eigenvalue weighted by molar-refractivity contribution is 6.09. The number of rotatable bonds is 14. The second-order valence-corrected chi connectivity index (χ2v) is 11.3. The Labute approximate surface area is 226 Å². The maximum atomic E-state index is 13.6. The van der Waals surface area contributed by atoms with Gasteiger partial charge in [0.25, 0.3) is 0 Å². The van der Waals surface area contributed by atoms with Crippen LogP contribution in [0.5, 0.6) is 0 Å². The number of carbonyl (C=O) groups is 3. The van der Waals surface area contributed by atoms with Crippen LogP contribution in [0.25, 0.3) is 0 Å². The number of hydrogen-bond donors (Lipinski definition) is 0. The number of carbonyl (C=O) groups excluding carboxylic acids is 3. The fourth-order valence-electron chi connectivity index (χ4n) is 7.02. The monoisotopic (exact) mass is 515 g/mol. The average molecular weight is 516 g/mol. The number of ether oxygens (including phenoxy) is 1. The second kappa shape index (κ2) is 12.3. The van der Waals surface area contributed by atoms with Crippen LogP contribution in [0.3, 0.4) is 0 Å². The van der Waals surface area contributed by atoms with Gasteiger partial charge in [-0.05, 0) is 28.7 Å². The van der Waals surface area contributed by atoms with Crippen molar-refractivity contribution < 1.29 is 19.1 Å². The molecule has 202 valence electrons. The summed E-state index contributed by atoms with van der Waals surface area (Å²) in [5.74, 6) is -2.14. The van der Waals surface area contributed by atoms with Gasteiger partial charge >= 0.3 is 5.97 Å². The standard InChI is InChI=1S/C33H41NO4/c1-2-3-4-5-6-7-8-9-10-11-16-21-38-27(35)22-34-32(36)30-28-23-17-12-13-18-24(23)29(31(30)33(34)37)26-20-15-14-19-25(26)28/h12-15,17-20,28-31H,2-11,16,21-22H2,1H3/t28?,29?,30-,31-/m0/s1. The summed E-state index contributed by atoms with van der Waals surface area (Å²) >= 11 is 0. The molecule has 0 saturated carbocycles. The van der Waals surface area contributed by atoms with Crippen molar-refractivity contribution in [1.82, 2.24) is 4.90 Å². The maximum absolute atomic E-state index is 13.6. The predicted octanol–water partition coefficient (Wildman–Crippen LogP) is 6.73. The Morgan fingerprint density at radius 1 is 0.658 bits per heavy atom. The summed E-state index contributed by atoms with van der Waals surface area (Å²) in [4.78, 5) is 40.9. The van der Waals surface area contributed by atoms with Gasteiger partial charge in [-0.25, -0.2) is 0 Å². The highest BCUT2D eigenvalue weighted by Crippen LogP contribution is 2.60. The normalized spacial score (nSPS) is 22.8. The smallest absolute Gasteiger partial charge is 0.326 e. The molecule has 1 heterocycles. The molecule has 5 nitrogen and oxygen atoms in total. The van der Waals surface area contributed by atoms with Gasteiger partial charge in [-0.15, -0.1) is 0 Å². The minimum Gasteiger partial charge on any atom is -0.464 e. The summed E-state index contributed by atoms with van der Waals surface area (Å²) in [6.07, 6.45) is 13.5. The van der Waals surface area contributed by atoms with E-state index < -0.39 is 17.8 Å². The van der Waals surface area contributed by atoms with Crippen LogP contribution in [0.2, 0.25) is 0 Å². The third kappa shape index (κ3) is 5.17. The van der Waals surface area contributed by atoms with Gasteiger partial charge in [-0.3, -0.25) is 19.3 Å². The van der Waals surface area contributed by atoms with Crippen molar-refractivity contribution >= 4 is 17.8 Å². The molecule has 5 heteroatoms. The number of unbranched alkanes of at least 4 members (excludes halogenated alkanes) is 10. The highest BCUT2D eigenvalue weighted by Gasteiger charge is 2.61. The molecule has 0 spiro atoms. The first-order valence-electron chi connectivity index (χ1n) is 14.8. The van der Waals surface area contributed by atoms with Crippen LogP contribution in [-0.2, 0) is 19.1 Å². The van der Waals surface area contributed by atoms with E-state index in [-0.39, 0.29) is 30.2 Å². The summed E-state index contributed by atoms with van der Waals surface area (Å²) in [7, 11) is 0. The summed E-state index contributed by atoms with van der Waals surface area (Å²) < 4.78 is 5.44. The van der Waals surface area contributed by atoms with E-state index in [0.717, 1.165) is 41.5 Å². The molecule has 2 bridgehead atoms. The number of likely N-dealkylation sites (tertiary alicyclic amines) is 1. The molecule has 0 aromatic heterocycles. The molecule has 1 fully saturated rings. The predicted molar refractivity (Wildman–Crippen MR) is 148 cm³/mol. The lowest BCUT2D eigenvalue weighted by Gasteiger charge is -2.45. The largest absolute Gasteiger partial charge is 0.464 e. The molecule has 2 aromatic carbocycles. The van der Waals surface area contributed by atoms with Crippen LogP contribution in [0.4, 0.5) is 0 Å². The Hall–Kier alpha value is -2.95. The summed E-state index contributed by atoms with van der Waals surface area (Å²) in [5.41, 5.74) is 4.55. The number of amides is 2. The Morgan fingerprint density at radius 3 is 1.47 bits per heavy atom. The number of esters is 1. The average Bonchev–Trinajstić information content (AvgIpc) is 3.19. The fourth-order valence-corrected chi connectivity index (χ4v) is 7.02. The van der Waals surface area contributed by atoms with E-state index in [0.29, 0.717) is 6.61 Å². The van der Waals surface area contributed by atoms with Crippen LogP contribution in [-0.4, -0.2) is 35.8 Å². The molecule has 0 radical (unpaired) electrons. The second-order valence-electron chi connectivity index (χ2n) is 11.3. The van der Waals surface area contributed by atoms with Gasteiger partial charge in [0, 0.05) is 11.8 Å². The zero-order valence-electron chi connectivity index (χ0n) is 22.7. The first-order chi connectivity index (χ1) is 18.6. The SMILES string of the molecule is CCCCCCCCCCCCCOC(=O)CN1C(=O)[C@H]2C3c4ccccc4C(c4ccccc43)[C@@H]2C1=O. The van der Waals surface area contributed by atoms with Gasteiger partial charge in [0.1, 0.15) is 6.54 Å². The zero-order chi connectivity index (χ0) is 26.5. The first-order valence-corrected chi connectivity index (χ1v) is 14.8. The molecule has 1 saturated heterocycles. The Kier molecular flexibility index (Phi) is 8.61. The molecular formula is C33H41NO4. The van der Waals surface area contributed by atoms with Crippen molar-refractivity contribution in [2.45, 2.75) is 89.4 Å². The maximum Gasteiger partial charge on any atom is 0.326 e. The lowest BCUT2D eigenvalue weighted by Crippen LogP contribution is -2.41. The minimum atomic E-state index is -0.486. The third-order valence-electron chi connectivity index (χ3n) is 8.84. The van der Waals surface area contributed by atoms with E-state index in [2.05, 4.69) is 31.2 Å². The lowest BCUT2D eigenvalue weighted by molar-refractivity contribution is -0.153. The number of benzene rings is 2. The van der Waals surface area contributed by atoms with Gasteiger partial charge < -0.3 is 4.74 Å². The van der Waals surface area contributed by atoms with Gasteiger partial charge in [-0.2, -0.15) is 0 Å². The van der Waals surface area contributed by atoms with Crippen LogP contribution in [0.1, 0.15) is 112 Å². The Morgan fingerprint density at radius 2 is 1.05 bits per heavy atom. The van der Waals surface area contributed by atoms with Crippen molar-refractivity contribution in [3.8, 4) is 0 Å². The van der Waals surface area contributed by atoms with Gasteiger partial charge in [-0.1, -0.05) is 120 Å². The topological polar surface area (TPSA) is 63.7 Å². The Balaban J connectivity index is 1.10. The summed E-state index contributed by atoms with van der Waals surface area (Å²) in [6.45, 7) is 2.31. The molecule has 6 rings (SSSR count). The summed E-state index contributed by atoms with van der Waals surface area (Å²) in [6, 6.07) is 16.3. The Bertz CT molecular complexity index is 1040. The van der Waals surface area contributed by atoms with Gasteiger partial charge in [0.2, 0.25) is 11.8 Å². The van der Waals surface area contributed by atoms with E-state index in [1.807, 2.05) is 24.3 Å².